The Morgan fingerprint density at radius 3 is 2.23 bits per heavy atom. The third-order valence-corrected chi connectivity index (χ3v) is 9.60. The van der Waals surface area contributed by atoms with E-state index in [1.165, 1.54) is 18.3 Å². The van der Waals surface area contributed by atoms with Crippen molar-refractivity contribution < 1.29 is 19.1 Å². The molecule has 0 heterocycles. The lowest BCUT2D eigenvalue weighted by Gasteiger charge is -2.36. The molecule has 0 rings (SSSR count). The average Bonchev–Trinajstić information content (AvgIpc) is 2.51. The van der Waals surface area contributed by atoms with E-state index in [0.29, 0.717) is 6.42 Å². The fraction of sp³-hybridized carbons (Fsp3) is 0.762. The van der Waals surface area contributed by atoms with Gasteiger partial charge in [-0.3, -0.25) is 4.79 Å². The van der Waals surface area contributed by atoms with E-state index >= 15 is 0 Å². The van der Waals surface area contributed by atoms with E-state index in [9.17, 15) is 9.90 Å². The Labute approximate surface area is 161 Å². The van der Waals surface area contributed by atoms with Gasteiger partial charge in [-0.15, -0.1) is 0 Å². The molecule has 4 nitrogen and oxygen atoms in total. The second-order valence-electron chi connectivity index (χ2n) is 8.70. The van der Waals surface area contributed by atoms with Crippen molar-refractivity contribution in [2.75, 3.05) is 13.7 Å². The summed E-state index contributed by atoms with van der Waals surface area (Å²) in [5.74, 6) is -0.362. The van der Waals surface area contributed by atoms with Crippen LogP contribution in [0.4, 0.5) is 0 Å². The van der Waals surface area contributed by atoms with Crippen LogP contribution in [-0.2, 0) is 14.0 Å². The van der Waals surface area contributed by atoms with E-state index in [0.717, 1.165) is 25.9 Å². The molecule has 26 heavy (non-hydrogen) atoms. The molecule has 1 unspecified atom stereocenters. The Hall–Kier alpha value is -0.913. The van der Waals surface area contributed by atoms with Crippen molar-refractivity contribution in [2.24, 2.45) is 0 Å². The molecule has 0 spiro atoms. The molecule has 0 aromatic rings. The summed E-state index contributed by atoms with van der Waals surface area (Å²) in [7, 11) is -0.341. The highest BCUT2D eigenvalue weighted by Crippen LogP contribution is 2.36. The summed E-state index contributed by atoms with van der Waals surface area (Å²) in [6.07, 6.45) is 7.22. The molecule has 5 heteroatoms. The zero-order chi connectivity index (χ0) is 20.4. The molecule has 0 radical (unpaired) electrons. The number of methoxy groups -OCH3 is 1. The first-order valence-electron chi connectivity index (χ1n) is 9.59. The van der Waals surface area contributed by atoms with Gasteiger partial charge in [-0.1, -0.05) is 44.1 Å². The third kappa shape index (κ3) is 10.9. The Bertz CT molecular complexity index is 487. The summed E-state index contributed by atoms with van der Waals surface area (Å²) in [5, 5.41) is 9.99. The zero-order valence-corrected chi connectivity index (χ0v) is 19.1. The SMILES string of the molecule is COC(=O)CC(O)CC/C=C(\C)CC/C=C(\C)CO[Si](C)(C)C(C)(C)C. The van der Waals surface area contributed by atoms with Gasteiger partial charge in [0.15, 0.2) is 8.32 Å². The lowest BCUT2D eigenvalue weighted by Crippen LogP contribution is -2.41. The van der Waals surface area contributed by atoms with Crippen LogP contribution in [0.15, 0.2) is 23.3 Å². The van der Waals surface area contributed by atoms with Crippen LogP contribution >= 0.6 is 0 Å². The lowest BCUT2D eigenvalue weighted by molar-refractivity contribution is -0.142. The fourth-order valence-electron chi connectivity index (χ4n) is 2.12. The van der Waals surface area contributed by atoms with Crippen LogP contribution in [0.1, 0.15) is 66.7 Å². The predicted octanol–water partition coefficient (Wildman–Crippen LogP) is 5.39. The van der Waals surface area contributed by atoms with E-state index in [2.05, 4.69) is 64.6 Å². The van der Waals surface area contributed by atoms with E-state index in [4.69, 9.17) is 4.43 Å². The molecule has 1 atom stereocenters. The highest BCUT2D eigenvalue weighted by molar-refractivity contribution is 6.74. The van der Waals surface area contributed by atoms with Crippen molar-refractivity contribution in [2.45, 2.75) is 91.0 Å². The minimum atomic E-state index is -1.68. The molecule has 0 aliphatic carbocycles. The fourth-order valence-corrected chi connectivity index (χ4v) is 3.14. The number of ether oxygens (including phenoxy) is 1. The lowest BCUT2D eigenvalue weighted by atomic mass is 10.1. The molecule has 0 amide bonds. The van der Waals surface area contributed by atoms with E-state index in [1.54, 1.807) is 0 Å². The maximum Gasteiger partial charge on any atom is 0.308 e. The number of hydrogen-bond donors (Lipinski definition) is 1. The summed E-state index contributed by atoms with van der Waals surface area (Å²) < 4.78 is 10.8. The van der Waals surface area contributed by atoms with E-state index < -0.39 is 14.4 Å². The van der Waals surface area contributed by atoms with Crippen molar-refractivity contribution in [3.05, 3.63) is 23.3 Å². The largest absolute Gasteiger partial charge is 0.469 e. The van der Waals surface area contributed by atoms with Crippen LogP contribution in [0, 0.1) is 0 Å². The molecular weight excluding hydrogens is 344 g/mol. The van der Waals surface area contributed by atoms with Gasteiger partial charge < -0.3 is 14.3 Å². The molecule has 0 fully saturated rings. The number of allylic oxidation sites excluding steroid dienone is 3. The van der Waals surface area contributed by atoms with Gasteiger partial charge in [0.05, 0.1) is 26.2 Å². The Morgan fingerprint density at radius 2 is 1.69 bits per heavy atom. The first-order valence-corrected chi connectivity index (χ1v) is 12.5. The molecule has 1 N–H and O–H groups in total. The van der Waals surface area contributed by atoms with E-state index in [-0.39, 0.29) is 17.4 Å². The summed E-state index contributed by atoms with van der Waals surface area (Å²) in [6.45, 7) is 16.3. The Kier molecular flexibility index (Phi) is 11.3. The number of aliphatic hydroxyl groups excluding tert-OH is 1. The summed E-state index contributed by atoms with van der Waals surface area (Å²) in [6, 6.07) is 0. The number of aliphatic hydroxyl groups is 1. The smallest absolute Gasteiger partial charge is 0.308 e. The maximum absolute atomic E-state index is 11.1. The standard InChI is InChI=1S/C21H40O4Si/c1-17(12-10-14-19(22)15-20(23)24-6)11-9-13-18(2)16-25-26(7,8)21(3,4)5/h12-13,19,22H,9-11,14-16H2,1-8H3/b17-12+,18-13+. The van der Waals surface area contributed by atoms with Gasteiger partial charge >= 0.3 is 5.97 Å². The third-order valence-electron chi connectivity index (χ3n) is 5.12. The molecule has 0 aromatic heterocycles. The van der Waals surface area contributed by atoms with Crippen LogP contribution in [-0.4, -0.2) is 39.2 Å². The Balaban J connectivity index is 4.16. The number of carbonyl (C=O) groups excluding carboxylic acids is 1. The van der Waals surface area contributed by atoms with Crippen LogP contribution in [0.3, 0.4) is 0 Å². The van der Waals surface area contributed by atoms with Gasteiger partial charge in [0, 0.05) is 0 Å². The molecule has 0 aliphatic heterocycles. The monoisotopic (exact) mass is 384 g/mol. The second kappa shape index (κ2) is 11.7. The maximum atomic E-state index is 11.1. The van der Waals surface area contributed by atoms with Crippen molar-refractivity contribution in [3.63, 3.8) is 0 Å². The Morgan fingerprint density at radius 1 is 1.12 bits per heavy atom. The van der Waals surface area contributed by atoms with Crippen molar-refractivity contribution in [3.8, 4) is 0 Å². The molecule has 0 saturated heterocycles. The normalized spacial score (nSPS) is 15.1. The van der Waals surface area contributed by atoms with Crippen LogP contribution in [0.2, 0.25) is 18.1 Å². The average molecular weight is 385 g/mol. The summed E-state index contributed by atoms with van der Waals surface area (Å²) >= 11 is 0. The first-order chi connectivity index (χ1) is 11.9. The first kappa shape index (κ1) is 25.1. The molecule has 152 valence electrons. The number of esters is 1. The topological polar surface area (TPSA) is 55.8 Å². The van der Waals surface area contributed by atoms with Gasteiger partial charge in [-0.2, -0.15) is 0 Å². The van der Waals surface area contributed by atoms with Crippen LogP contribution < -0.4 is 0 Å². The molecular formula is C21H40O4Si. The molecule has 0 aromatic carbocycles. The number of carbonyl (C=O) groups is 1. The highest BCUT2D eigenvalue weighted by Gasteiger charge is 2.36. The molecule has 0 saturated carbocycles. The minimum absolute atomic E-state index is 0.0690. The number of hydrogen-bond acceptors (Lipinski definition) is 4. The quantitative estimate of drug-likeness (QED) is 0.295. The van der Waals surface area contributed by atoms with Gasteiger partial charge in [0.1, 0.15) is 0 Å². The zero-order valence-electron chi connectivity index (χ0n) is 18.1. The van der Waals surface area contributed by atoms with Crippen LogP contribution in [0.25, 0.3) is 0 Å². The van der Waals surface area contributed by atoms with Gasteiger partial charge in [0.2, 0.25) is 0 Å². The summed E-state index contributed by atoms with van der Waals surface area (Å²) in [4.78, 5) is 11.1. The van der Waals surface area contributed by atoms with Gasteiger partial charge in [-0.05, 0) is 57.7 Å². The number of rotatable bonds is 11. The highest BCUT2D eigenvalue weighted by atomic mass is 28.4. The molecule has 0 aliphatic rings. The minimum Gasteiger partial charge on any atom is -0.469 e. The summed E-state index contributed by atoms with van der Waals surface area (Å²) in [5.41, 5.74) is 2.60. The van der Waals surface area contributed by atoms with Crippen molar-refractivity contribution >= 4 is 14.3 Å². The van der Waals surface area contributed by atoms with Crippen molar-refractivity contribution in [1.82, 2.24) is 0 Å². The van der Waals surface area contributed by atoms with Gasteiger partial charge in [0.25, 0.3) is 0 Å². The van der Waals surface area contributed by atoms with E-state index in [1.807, 2.05) is 0 Å². The predicted molar refractivity (Wildman–Crippen MR) is 112 cm³/mol. The van der Waals surface area contributed by atoms with Gasteiger partial charge in [-0.25, -0.2) is 0 Å². The van der Waals surface area contributed by atoms with Crippen LogP contribution in [0.5, 0.6) is 0 Å². The van der Waals surface area contributed by atoms with Crippen molar-refractivity contribution in [1.29, 1.82) is 0 Å². The second-order valence-corrected chi connectivity index (χ2v) is 13.5. The molecule has 0 bridgehead atoms.